The molecule has 0 saturated carbocycles. The van der Waals surface area contributed by atoms with E-state index in [0.717, 1.165) is 30.8 Å². The van der Waals surface area contributed by atoms with Crippen molar-refractivity contribution in [3.63, 3.8) is 0 Å². The molecule has 21 heavy (non-hydrogen) atoms. The summed E-state index contributed by atoms with van der Waals surface area (Å²) < 4.78 is 28.5. The Kier molecular flexibility index (Phi) is 7.75. The van der Waals surface area contributed by atoms with Crippen molar-refractivity contribution in [2.45, 2.75) is 45.6 Å². The molecule has 1 aromatic carbocycles. The monoisotopic (exact) mass is 313 g/mol. The van der Waals surface area contributed by atoms with Crippen LogP contribution in [0.4, 0.5) is 0 Å². The van der Waals surface area contributed by atoms with Crippen molar-refractivity contribution in [1.82, 2.24) is 0 Å². The van der Waals surface area contributed by atoms with Gasteiger partial charge < -0.3 is 10.5 Å². The first kappa shape index (κ1) is 18.0. The third kappa shape index (κ3) is 6.96. The van der Waals surface area contributed by atoms with Crippen LogP contribution in [0.2, 0.25) is 0 Å². The first-order valence-electron chi connectivity index (χ1n) is 7.67. The molecule has 0 fully saturated rings. The fourth-order valence-corrected chi connectivity index (χ4v) is 2.87. The van der Waals surface area contributed by atoms with Crippen LogP contribution in [0.5, 0.6) is 5.75 Å². The number of benzene rings is 1. The SMILES string of the molecule is CCCCOc1ccc(C(N)CCCS(=O)(=O)CC)cc1. The van der Waals surface area contributed by atoms with Crippen LogP contribution in [0.3, 0.4) is 0 Å². The predicted octanol–water partition coefficient (Wildman–Crippen LogP) is 3.08. The quantitative estimate of drug-likeness (QED) is 0.674. The second-order valence-corrected chi connectivity index (χ2v) is 7.73. The van der Waals surface area contributed by atoms with Gasteiger partial charge >= 0.3 is 0 Å². The summed E-state index contributed by atoms with van der Waals surface area (Å²) in [6, 6.07) is 7.64. The van der Waals surface area contributed by atoms with Gasteiger partial charge in [-0.1, -0.05) is 32.4 Å². The molecule has 1 unspecified atom stereocenters. The maximum atomic E-state index is 11.4. The Morgan fingerprint density at radius 3 is 2.38 bits per heavy atom. The van der Waals surface area contributed by atoms with Crippen molar-refractivity contribution in [2.75, 3.05) is 18.1 Å². The molecule has 2 N–H and O–H groups in total. The van der Waals surface area contributed by atoms with E-state index in [9.17, 15) is 8.42 Å². The molecular weight excluding hydrogens is 286 g/mol. The van der Waals surface area contributed by atoms with E-state index in [1.54, 1.807) is 6.92 Å². The minimum absolute atomic E-state index is 0.123. The highest BCUT2D eigenvalue weighted by Crippen LogP contribution is 2.20. The van der Waals surface area contributed by atoms with Crippen molar-refractivity contribution >= 4 is 9.84 Å². The molecule has 0 heterocycles. The zero-order valence-corrected chi connectivity index (χ0v) is 13.9. The predicted molar refractivity (Wildman–Crippen MR) is 87.3 cm³/mol. The van der Waals surface area contributed by atoms with E-state index in [-0.39, 0.29) is 17.5 Å². The molecule has 4 nitrogen and oxygen atoms in total. The van der Waals surface area contributed by atoms with E-state index in [2.05, 4.69) is 6.92 Å². The summed E-state index contributed by atoms with van der Waals surface area (Å²) in [4.78, 5) is 0. The van der Waals surface area contributed by atoms with Gasteiger partial charge in [0.1, 0.15) is 15.6 Å². The maximum Gasteiger partial charge on any atom is 0.150 e. The van der Waals surface area contributed by atoms with Gasteiger partial charge in [0.2, 0.25) is 0 Å². The number of rotatable bonds is 10. The van der Waals surface area contributed by atoms with Crippen molar-refractivity contribution in [3.05, 3.63) is 29.8 Å². The lowest BCUT2D eigenvalue weighted by atomic mass is 10.0. The van der Waals surface area contributed by atoms with E-state index >= 15 is 0 Å². The Balaban J connectivity index is 2.42. The standard InChI is InChI=1S/C16H27NO3S/c1-3-5-12-20-15-10-8-14(9-11-15)16(17)7-6-13-21(18,19)4-2/h8-11,16H,3-7,12-13,17H2,1-2H3. The minimum atomic E-state index is -2.89. The van der Waals surface area contributed by atoms with Gasteiger partial charge in [-0.15, -0.1) is 0 Å². The van der Waals surface area contributed by atoms with E-state index in [1.807, 2.05) is 24.3 Å². The maximum absolute atomic E-state index is 11.4. The van der Waals surface area contributed by atoms with Crippen molar-refractivity contribution in [1.29, 1.82) is 0 Å². The van der Waals surface area contributed by atoms with Gasteiger partial charge in [0.05, 0.1) is 12.4 Å². The number of nitrogens with two attached hydrogens (primary N) is 1. The van der Waals surface area contributed by atoms with Crippen molar-refractivity contribution in [2.24, 2.45) is 5.73 Å². The molecule has 0 aliphatic heterocycles. The second kappa shape index (κ2) is 9.05. The molecule has 1 atom stereocenters. The molecular formula is C16H27NO3S. The summed E-state index contributed by atoms with van der Waals surface area (Å²) >= 11 is 0. The summed E-state index contributed by atoms with van der Waals surface area (Å²) in [5.74, 6) is 1.27. The fraction of sp³-hybridized carbons (Fsp3) is 0.625. The van der Waals surface area contributed by atoms with Crippen LogP contribution in [0.1, 0.15) is 51.1 Å². The third-order valence-electron chi connectivity index (χ3n) is 3.49. The highest BCUT2D eigenvalue weighted by atomic mass is 32.2. The van der Waals surface area contributed by atoms with Gasteiger partial charge in [-0.3, -0.25) is 0 Å². The van der Waals surface area contributed by atoms with Gasteiger partial charge in [0, 0.05) is 11.8 Å². The van der Waals surface area contributed by atoms with E-state index in [0.29, 0.717) is 12.8 Å². The molecule has 1 rings (SSSR count). The Morgan fingerprint density at radius 2 is 1.81 bits per heavy atom. The highest BCUT2D eigenvalue weighted by Gasteiger charge is 2.10. The highest BCUT2D eigenvalue weighted by molar-refractivity contribution is 7.91. The number of hydrogen-bond acceptors (Lipinski definition) is 4. The van der Waals surface area contributed by atoms with Crippen LogP contribution in [-0.2, 0) is 9.84 Å². The summed E-state index contributed by atoms with van der Waals surface area (Å²) in [5, 5.41) is 0. The Bertz CT molecular complexity index is 497. The van der Waals surface area contributed by atoms with Crippen LogP contribution in [0, 0.1) is 0 Å². The average Bonchev–Trinajstić information content (AvgIpc) is 2.48. The Morgan fingerprint density at radius 1 is 1.14 bits per heavy atom. The van der Waals surface area contributed by atoms with Crippen LogP contribution >= 0.6 is 0 Å². The topological polar surface area (TPSA) is 69.4 Å². The minimum Gasteiger partial charge on any atom is -0.494 e. The molecule has 0 aliphatic rings. The normalized spacial score (nSPS) is 13.1. The zero-order chi connectivity index (χ0) is 15.7. The number of ether oxygens (including phenoxy) is 1. The molecule has 0 aromatic heterocycles. The summed E-state index contributed by atoms with van der Waals surface area (Å²) in [5.41, 5.74) is 7.12. The van der Waals surface area contributed by atoms with Gasteiger partial charge in [-0.2, -0.15) is 0 Å². The lowest BCUT2D eigenvalue weighted by Gasteiger charge is -2.13. The van der Waals surface area contributed by atoms with Gasteiger partial charge in [0.15, 0.2) is 0 Å². The third-order valence-corrected chi connectivity index (χ3v) is 5.28. The lowest BCUT2D eigenvalue weighted by Crippen LogP contribution is -2.14. The zero-order valence-electron chi connectivity index (χ0n) is 13.0. The molecule has 0 saturated heterocycles. The van der Waals surface area contributed by atoms with Crippen molar-refractivity contribution in [3.8, 4) is 5.75 Å². The van der Waals surface area contributed by atoms with Crippen LogP contribution in [0.25, 0.3) is 0 Å². The molecule has 1 aromatic rings. The van der Waals surface area contributed by atoms with Gasteiger partial charge in [-0.05, 0) is 37.0 Å². The average molecular weight is 313 g/mol. The number of sulfone groups is 1. The molecule has 120 valence electrons. The van der Waals surface area contributed by atoms with E-state index in [1.165, 1.54) is 0 Å². The second-order valence-electron chi connectivity index (χ2n) is 5.26. The van der Waals surface area contributed by atoms with Gasteiger partial charge in [-0.25, -0.2) is 8.42 Å². The molecule has 0 aliphatic carbocycles. The lowest BCUT2D eigenvalue weighted by molar-refractivity contribution is 0.309. The van der Waals surface area contributed by atoms with Crippen LogP contribution < -0.4 is 10.5 Å². The smallest absolute Gasteiger partial charge is 0.150 e. The largest absolute Gasteiger partial charge is 0.494 e. The van der Waals surface area contributed by atoms with E-state index < -0.39 is 9.84 Å². The molecule has 5 heteroatoms. The summed E-state index contributed by atoms with van der Waals surface area (Å²) in [6.45, 7) is 4.54. The Hall–Kier alpha value is -1.07. The summed E-state index contributed by atoms with van der Waals surface area (Å²) in [7, 11) is -2.89. The first-order chi connectivity index (χ1) is 9.98. The summed E-state index contributed by atoms with van der Waals surface area (Å²) in [6.07, 6.45) is 3.44. The molecule has 0 radical (unpaired) electrons. The molecule has 0 bridgehead atoms. The molecule has 0 amide bonds. The molecule has 0 spiro atoms. The first-order valence-corrected chi connectivity index (χ1v) is 9.49. The fourth-order valence-electron chi connectivity index (χ4n) is 1.98. The van der Waals surface area contributed by atoms with Crippen LogP contribution in [0.15, 0.2) is 24.3 Å². The van der Waals surface area contributed by atoms with Crippen molar-refractivity contribution < 1.29 is 13.2 Å². The number of hydrogen-bond donors (Lipinski definition) is 1. The van der Waals surface area contributed by atoms with Crippen LogP contribution in [-0.4, -0.2) is 26.5 Å². The van der Waals surface area contributed by atoms with E-state index in [4.69, 9.17) is 10.5 Å². The number of unbranched alkanes of at least 4 members (excludes halogenated alkanes) is 1. The van der Waals surface area contributed by atoms with Gasteiger partial charge in [0.25, 0.3) is 0 Å². The Labute approximate surface area is 128 Å².